The molecule has 2 aromatic heterocycles. The van der Waals surface area contributed by atoms with Gasteiger partial charge in [-0.25, -0.2) is 9.97 Å². The average molecular weight is 274 g/mol. The molecule has 0 spiro atoms. The lowest BCUT2D eigenvalue weighted by Crippen LogP contribution is -2.17. The number of aromatic nitrogens is 3. The van der Waals surface area contributed by atoms with E-state index < -0.39 is 5.91 Å². The molecule has 0 aliphatic carbocycles. The van der Waals surface area contributed by atoms with Gasteiger partial charge in [0.1, 0.15) is 12.0 Å². The van der Waals surface area contributed by atoms with Gasteiger partial charge in [0.05, 0.1) is 12.0 Å². The maximum absolute atomic E-state index is 10.8. The van der Waals surface area contributed by atoms with E-state index >= 15 is 0 Å². The van der Waals surface area contributed by atoms with Gasteiger partial charge in [0, 0.05) is 17.8 Å². The number of carbonyl (C=O) groups is 1. The third kappa shape index (κ3) is 3.34. The molecule has 0 aromatic carbocycles. The molecule has 0 saturated heterocycles. The van der Waals surface area contributed by atoms with Crippen molar-refractivity contribution in [1.82, 2.24) is 15.0 Å². The number of primary amides is 1. The minimum absolute atomic E-state index is 0.0246. The molecule has 0 aliphatic heterocycles. The van der Waals surface area contributed by atoms with Crippen LogP contribution in [0.3, 0.4) is 0 Å². The van der Waals surface area contributed by atoms with Crippen molar-refractivity contribution in [3.05, 3.63) is 24.2 Å². The zero-order valence-corrected chi connectivity index (χ0v) is 11.8. The van der Waals surface area contributed by atoms with Gasteiger partial charge in [0.2, 0.25) is 11.8 Å². The first-order valence-corrected chi connectivity index (χ1v) is 6.29. The van der Waals surface area contributed by atoms with Crippen molar-refractivity contribution in [2.24, 2.45) is 11.1 Å². The van der Waals surface area contributed by atoms with E-state index in [1.54, 1.807) is 12.3 Å². The Labute approximate surface area is 117 Å². The third-order valence-electron chi connectivity index (χ3n) is 2.53. The highest BCUT2D eigenvalue weighted by Crippen LogP contribution is 2.27. The number of amides is 1. The summed E-state index contributed by atoms with van der Waals surface area (Å²) >= 11 is 0. The molecule has 0 fully saturated rings. The predicted octanol–water partition coefficient (Wildman–Crippen LogP) is 1.88. The molecule has 0 radical (unpaired) electrons. The molecular weight excluding hydrogens is 256 g/mol. The Hall–Kier alpha value is -2.37. The van der Waals surface area contributed by atoms with Crippen LogP contribution in [0.15, 0.2) is 18.6 Å². The second kappa shape index (κ2) is 5.32. The number of nitrogens with two attached hydrogens (primary N) is 1. The zero-order valence-electron chi connectivity index (χ0n) is 11.8. The van der Waals surface area contributed by atoms with Crippen molar-refractivity contribution in [3.63, 3.8) is 0 Å². The Morgan fingerprint density at radius 2 is 2.20 bits per heavy atom. The van der Waals surface area contributed by atoms with Crippen LogP contribution >= 0.6 is 0 Å². The molecule has 20 heavy (non-hydrogen) atoms. The van der Waals surface area contributed by atoms with Crippen LogP contribution in [0.2, 0.25) is 0 Å². The van der Waals surface area contributed by atoms with E-state index in [0.29, 0.717) is 18.1 Å². The number of rotatable bonds is 4. The molecule has 0 bridgehead atoms. The van der Waals surface area contributed by atoms with Crippen LogP contribution < -0.4 is 10.5 Å². The summed E-state index contributed by atoms with van der Waals surface area (Å²) < 4.78 is 5.77. The second-order valence-electron chi connectivity index (χ2n) is 5.73. The number of hydrogen-bond donors (Lipinski definition) is 2. The van der Waals surface area contributed by atoms with Crippen molar-refractivity contribution in [1.29, 1.82) is 0 Å². The highest BCUT2D eigenvalue weighted by atomic mass is 16.5. The van der Waals surface area contributed by atoms with Crippen LogP contribution in [0.4, 0.5) is 0 Å². The molecule has 0 aliphatic rings. The lowest BCUT2D eigenvalue weighted by Gasteiger charge is -2.18. The molecule has 0 unspecified atom stereocenters. The van der Waals surface area contributed by atoms with Crippen LogP contribution in [-0.4, -0.2) is 27.5 Å². The van der Waals surface area contributed by atoms with Crippen LogP contribution in [0.1, 0.15) is 26.3 Å². The quantitative estimate of drug-likeness (QED) is 0.832. The number of H-pyrrole nitrogens is 1. The Kier molecular flexibility index (Phi) is 3.74. The van der Waals surface area contributed by atoms with Gasteiger partial charge in [-0.05, 0) is 11.5 Å². The van der Waals surface area contributed by atoms with E-state index in [-0.39, 0.29) is 5.41 Å². The van der Waals surface area contributed by atoms with Crippen molar-refractivity contribution in [2.45, 2.75) is 20.8 Å². The number of nitrogens with zero attached hydrogens (tertiary/aromatic N) is 2. The minimum Gasteiger partial charge on any atom is -0.477 e. The van der Waals surface area contributed by atoms with Gasteiger partial charge in [0.25, 0.3) is 0 Å². The number of nitrogens with one attached hydrogen (secondary N) is 1. The summed E-state index contributed by atoms with van der Waals surface area (Å²) in [5.74, 6) is -0.0105. The number of hydrogen-bond acceptors (Lipinski definition) is 4. The number of carbonyl (C=O) groups excluding carboxylic acids is 1. The van der Waals surface area contributed by atoms with Crippen LogP contribution in [-0.2, 0) is 4.79 Å². The molecule has 2 aromatic rings. The standard InChI is InChI=1S/C14H18N4O2/c1-14(2,3)7-20-13-11-9(4-5-10(15)19)6-16-12(11)17-8-18-13/h4-6,8H,7H2,1-3H3,(H2,15,19)(H,16,17,18)/b5-4+. The topological polar surface area (TPSA) is 93.9 Å². The van der Waals surface area contributed by atoms with Crippen molar-refractivity contribution < 1.29 is 9.53 Å². The monoisotopic (exact) mass is 274 g/mol. The Bertz CT molecular complexity index is 653. The number of ether oxygens (including phenoxy) is 1. The van der Waals surface area contributed by atoms with Gasteiger partial charge < -0.3 is 15.5 Å². The number of aromatic amines is 1. The van der Waals surface area contributed by atoms with Gasteiger partial charge in [0.15, 0.2) is 0 Å². The highest BCUT2D eigenvalue weighted by Gasteiger charge is 2.15. The molecule has 2 rings (SSSR count). The largest absolute Gasteiger partial charge is 0.477 e. The van der Waals surface area contributed by atoms with Crippen LogP contribution in [0.5, 0.6) is 5.88 Å². The van der Waals surface area contributed by atoms with E-state index in [2.05, 4.69) is 35.7 Å². The lowest BCUT2D eigenvalue weighted by molar-refractivity contribution is -0.113. The molecule has 1 amide bonds. The zero-order chi connectivity index (χ0) is 14.8. The maximum Gasteiger partial charge on any atom is 0.241 e. The molecule has 3 N–H and O–H groups in total. The smallest absolute Gasteiger partial charge is 0.241 e. The van der Waals surface area contributed by atoms with Crippen LogP contribution in [0, 0.1) is 5.41 Å². The van der Waals surface area contributed by atoms with E-state index in [9.17, 15) is 4.79 Å². The molecule has 106 valence electrons. The molecule has 6 nitrogen and oxygen atoms in total. The molecule has 0 saturated carbocycles. The summed E-state index contributed by atoms with van der Waals surface area (Å²) in [5.41, 5.74) is 6.56. The van der Waals surface area contributed by atoms with Gasteiger partial charge in [-0.2, -0.15) is 0 Å². The Morgan fingerprint density at radius 1 is 1.45 bits per heavy atom. The molecule has 0 atom stereocenters. The van der Waals surface area contributed by atoms with Crippen molar-refractivity contribution in [3.8, 4) is 5.88 Å². The average Bonchev–Trinajstić information content (AvgIpc) is 2.76. The minimum atomic E-state index is -0.506. The molecular formula is C14H18N4O2. The fourth-order valence-electron chi connectivity index (χ4n) is 1.65. The summed E-state index contributed by atoms with van der Waals surface area (Å²) in [4.78, 5) is 22.2. The van der Waals surface area contributed by atoms with E-state index in [4.69, 9.17) is 10.5 Å². The van der Waals surface area contributed by atoms with E-state index in [0.717, 1.165) is 10.9 Å². The van der Waals surface area contributed by atoms with Gasteiger partial charge in [-0.3, -0.25) is 4.79 Å². The Morgan fingerprint density at radius 3 is 2.85 bits per heavy atom. The fraction of sp³-hybridized carbons (Fsp3) is 0.357. The SMILES string of the molecule is CC(C)(C)COc1ncnc2[nH]cc(/C=C/C(N)=O)c12. The molecule has 6 heteroatoms. The first-order chi connectivity index (χ1) is 9.37. The maximum atomic E-state index is 10.8. The summed E-state index contributed by atoms with van der Waals surface area (Å²) in [6, 6.07) is 0. The van der Waals surface area contributed by atoms with Crippen LogP contribution in [0.25, 0.3) is 17.1 Å². The van der Waals surface area contributed by atoms with E-state index in [1.807, 2.05) is 0 Å². The summed E-state index contributed by atoms with van der Waals surface area (Å²) in [7, 11) is 0. The van der Waals surface area contributed by atoms with Crippen molar-refractivity contribution in [2.75, 3.05) is 6.61 Å². The third-order valence-corrected chi connectivity index (χ3v) is 2.53. The molecule has 2 heterocycles. The summed E-state index contributed by atoms with van der Waals surface area (Å²) in [5, 5.41) is 0.745. The lowest BCUT2D eigenvalue weighted by atomic mass is 9.99. The van der Waals surface area contributed by atoms with Crippen molar-refractivity contribution >= 4 is 23.0 Å². The first kappa shape index (κ1) is 14.0. The van der Waals surface area contributed by atoms with Gasteiger partial charge in [-0.15, -0.1) is 0 Å². The fourth-order valence-corrected chi connectivity index (χ4v) is 1.65. The summed E-state index contributed by atoms with van der Waals surface area (Å²) in [6.07, 6.45) is 6.10. The Balaban J connectivity index is 2.39. The highest BCUT2D eigenvalue weighted by molar-refractivity contribution is 5.96. The predicted molar refractivity (Wildman–Crippen MR) is 77.1 cm³/mol. The normalized spacial score (nSPS) is 12.2. The van der Waals surface area contributed by atoms with Gasteiger partial charge in [-0.1, -0.05) is 20.8 Å². The first-order valence-electron chi connectivity index (χ1n) is 6.29. The van der Waals surface area contributed by atoms with E-state index in [1.165, 1.54) is 12.4 Å². The number of fused-ring (bicyclic) bond motifs is 1. The van der Waals surface area contributed by atoms with Gasteiger partial charge >= 0.3 is 0 Å². The summed E-state index contributed by atoms with van der Waals surface area (Å²) in [6.45, 7) is 6.77. The second-order valence-corrected chi connectivity index (χ2v) is 5.73.